The zero-order valence-electron chi connectivity index (χ0n) is 26.1. The monoisotopic (exact) mass is 640 g/mol. The zero-order valence-corrected chi connectivity index (χ0v) is 26.1. The van der Waals surface area contributed by atoms with E-state index in [0.29, 0.717) is 46.8 Å². The lowest BCUT2D eigenvalue weighted by Crippen LogP contribution is -2.33. The summed E-state index contributed by atoms with van der Waals surface area (Å²) in [4.78, 5) is 0. The van der Waals surface area contributed by atoms with Gasteiger partial charge in [-0.15, -0.1) is 0 Å². The van der Waals surface area contributed by atoms with Gasteiger partial charge in [0.1, 0.15) is 11.5 Å². The van der Waals surface area contributed by atoms with E-state index in [1.54, 1.807) is 78.9 Å². The van der Waals surface area contributed by atoms with Gasteiger partial charge in [0.2, 0.25) is 5.82 Å². The van der Waals surface area contributed by atoms with Gasteiger partial charge in [-0.25, -0.2) is 22.0 Å². The van der Waals surface area contributed by atoms with Crippen molar-refractivity contribution in [1.29, 1.82) is 0 Å². The van der Waals surface area contributed by atoms with Crippen LogP contribution >= 0.6 is 0 Å². The number of hydrogen-bond donors (Lipinski definition) is 2. The molecule has 3 aromatic carbocycles. The highest BCUT2D eigenvalue weighted by Crippen LogP contribution is 2.45. The van der Waals surface area contributed by atoms with Crippen molar-refractivity contribution < 1.29 is 36.7 Å². The lowest BCUT2D eigenvalue weighted by atomic mass is 9.88. The molecular weight excluding hydrogens is 610 g/mol. The molecule has 47 heavy (non-hydrogen) atoms. The van der Waals surface area contributed by atoms with Crippen LogP contribution < -0.4 is 0 Å². The largest absolute Gasteiger partial charge is 0.700 e. The molecule has 237 valence electrons. The average Bonchev–Trinajstić information content (AvgIpc) is 3.50. The zero-order chi connectivity index (χ0) is 33.7. The topological polar surface area (TPSA) is 48.4 Å². The summed E-state index contributed by atoms with van der Waals surface area (Å²) in [6.45, 7) is 7.42. The van der Waals surface area contributed by atoms with Crippen molar-refractivity contribution in [2.24, 2.45) is 0 Å². The molecule has 2 aliphatic heterocycles. The van der Waals surface area contributed by atoms with Crippen LogP contribution in [0.3, 0.4) is 0 Å². The van der Waals surface area contributed by atoms with Crippen molar-refractivity contribution >= 4 is 37.1 Å². The lowest BCUT2D eigenvalue weighted by molar-refractivity contribution is -0.314. The molecule has 10 heteroatoms. The predicted octanol–water partition coefficient (Wildman–Crippen LogP) is 8.70. The molecule has 2 aliphatic rings. The first-order valence-corrected chi connectivity index (χ1v) is 15.1. The van der Waals surface area contributed by atoms with Crippen LogP contribution in [0.25, 0.3) is 23.8 Å². The van der Waals surface area contributed by atoms with Gasteiger partial charge in [0.25, 0.3) is 0 Å². The normalized spacial score (nSPS) is 14.6. The quantitative estimate of drug-likeness (QED) is 0.0920. The van der Waals surface area contributed by atoms with Gasteiger partial charge in [-0.3, -0.25) is 4.49 Å². The molecule has 1 radical (unpaired) electrons. The smallest absolute Gasteiger partial charge is 0.508 e. The molecule has 0 amide bonds. The number of hydrogen-bond acceptors (Lipinski definition) is 2. The molecule has 0 atom stereocenters. The highest BCUT2D eigenvalue weighted by molar-refractivity contribution is 6.32. The summed E-state index contributed by atoms with van der Waals surface area (Å²) in [7, 11) is 1.78. The van der Waals surface area contributed by atoms with Gasteiger partial charge in [-0.05, 0) is 85.4 Å². The third-order valence-electron chi connectivity index (χ3n) is 8.76. The second kappa shape index (κ2) is 12.2. The minimum absolute atomic E-state index is 0.103. The Kier molecular flexibility index (Phi) is 8.30. The molecular formula is C37H30BF5N2O2+. The number of allylic oxidation sites excluding steroid dienone is 3. The maximum Gasteiger partial charge on any atom is 0.700 e. The van der Waals surface area contributed by atoms with E-state index in [1.165, 1.54) is 0 Å². The minimum Gasteiger partial charge on any atom is -0.508 e. The highest BCUT2D eigenvalue weighted by atomic mass is 19.2. The van der Waals surface area contributed by atoms with E-state index in [9.17, 15) is 23.4 Å². The fourth-order valence-electron chi connectivity index (χ4n) is 6.48. The Morgan fingerprint density at radius 3 is 1.72 bits per heavy atom. The Morgan fingerprint density at radius 2 is 1.21 bits per heavy atom. The van der Waals surface area contributed by atoms with Gasteiger partial charge in [-0.1, -0.05) is 44.2 Å². The molecule has 3 heterocycles. The molecule has 6 rings (SSSR count). The van der Waals surface area contributed by atoms with Crippen LogP contribution in [-0.4, -0.2) is 32.4 Å². The Morgan fingerprint density at radius 1 is 0.702 bits per heavy atom. The first-order valence-electron chi connectivity index (χ1n) is 15.1. The van der Waals surface area contributed by atoms with Gasteiger partial charge >= 0.3 is 7.55 Å². The van der Waals surface area contributed by atoms with Gasteiger partial charge in [0.05, 0.1) is 16.8 Å². The molecule has 4 aromatic rings. The second-order valence-corrected chi connectivity index (χ2v) is 11.4. The Hall–Kier alpha value is -5.12. The maximum atomic E-state index is 15.8. The van der Waals surface area contributed by atoms with Gasteiger partial charge in [0.15, 0.2) is 34.7 Å². The summed E-state index contributed by atoms with van der Waals surface area (Å²) >= 11 is 0. The minimum atomic E-state index is -2.22. The summed E-state index contributed by atoms with van der Waals surface area (Å²) in [6.07, 6.45) is 8.35. The SMILES string of the molecule is CCC1=C(C)C2=C(c3c(F)c(F)c(F)c(F)c3F)c3c(C)c(CC)c(/C=C/c4ccc(O)cc4)n3[B][N+]2=C1/C=C/c1ccc(O)cc1. The van der Waals surface area contributed by atoms with Crippen molar-refractivity contribution in [3.63, 3.8) is 0 Å². The first-order chi connectivity index (χ1) is 22.5. The summed E-state index contributed by atoms with van der Waals surface area (Å²) < 4.78 is 79.0. The van der Waals surface area contributed by atoms with E-state index >= 15 is 8.78 Å². The van der Waals surface area contributed by atoms with Crippen LogP contribution in [0.2, 0.25) is 0 Å². The molecule has 0 unspecified atom stereocenters. The molecule has 0 saturated heterocycles. The Bertz CT molecular complexity index is 2070. The van der Waals surface area contributed by atoms with Crippen molar-refractivity contribution in [3.05, 3.63) is 140 Å². The van der Waals surface area contributed by atoms with E-state index in [4.69, 9.17) is 0 Å². The van der Waals surface area contributed by atoms with Gasteiger partial charge < -0.3 is 14.7 Å². The molecule has 0 saturated carbocycles. The van der Waals surface area contributed by atoms with Gasteiger partial charge in [-0.2, -0.15) is 0 Å². The summed E-state index contributed by atoms with van der Waals surface area (Å²) in [6, 6.07) is 13.1. The van der Waals surface area contributed by atoms with E-state index < -0.39 is 34.6 Å². The van der Waals surface area contributed by atoms with Crippen LogP contribution in [0, 0.1) is 36.0 Å². The standard InChI is InChI=1S/C37H30BF5N2O2/c1-5-25-19(3)36-30(29-31(39)33(41)35(43)34(42)32(29)40)37-20(4)26(6-2)28(18-12-22-9-15-24(47)16-10-22)45(37)38-44(36)27(25)17-11-21-7-13-23(46)14-8-21/h7-18,46-47H,5-6H2,1-4H3/q+1/b17-11+,18-12+. The van der Waals surface area contributed by atoms with Crippen molar-refractivity contribution in [3.8, 4) is 11.5 Å². The summed E-state index contributed by atoms with van der Waals surface area (Å²) in [5.74, 6) is -9.84. The number of aromatic hydroxyl groups is 2. The van der Waals surface area contributed by atoms with Crippen LogP contribution in [0.1, 0.15) is 66.4 Å². The molecule has 0 spiro atoms. The third-order valence-corrected chi connectivity index (χ3v) is 8.76. The molecule has 4 nitrogen and oxygen atoms in total. The Labute approximate surface area is 269 Å². The first kappa shape index (κ1) is 31.9. The summed E-state index contributed by atoms with van der Waals surface area (Å²) in [5.41, 5.74) is 5.36. The lowest BCUT2D eigenvalue weighted by Gasteiger charge is -2.21. The van der Waals surface area contributed by atoms with Crippen LogP contribution in [0.4, 0.5) is 22.0 Å². The fourth-order valence-corrected chi connectivity index (χ4v) is 6.48. The van der Waals surface area contributed by atoms with E-state index in [2.05, 4.69) is 0 Å². The van der Waals surface area contributed by atoms with Gasteiger partial charge in [0, 0.05) is 22.9 Å². The highest BCUT2D eigenvalue weighted by Gasteiger charge is 2.46. The number of phenolic OH excluding ortho intramolecular Hbond substituents is 2. The summed E-state index contributed by atoms with van der Waals surface area (Å²) in [5, 5.41) is 19.4. The predicted molar refractivity (Wildman–Crippen MR) is 174 cm³/mol. The van der Waals surface area contributed by atoms with Crippen LogP contribution in [-0.2, 0) is 6.42 Å². The average molecular weight is 640 g/mol. The van der Waals surface area contributed by atoms with E-state index in [0.717, 1.165) is 22.3 Å². The Balaban J connectivity index is 1.69. The number of nitrogens with zero attached hydrogens (tertiary/aromatic N) is 2. The van der Waals surface area contributed by atoms with E-state index in [1.807, 2.05) is 38.2 Å². The number of phenols is 2. The fraction of sp³-hybridized carbons (Fsp3) is 0.162. The molecule has 0 bridgehead atoms. The van der Waals surface area contributed by atoms with Crippen LogP contribution in [0.15, 0.2) is 71.5 Å². The maximum absolute atomic E-state index is 15.8. The number of rotatable bonds is 7. The molecule has 1 aromatic heterocycles. The molecule has 0 fully saturated rings. The molecule has 2 N–H and O–H groups in total. The van der Waals surface area contributed by atoms with Crippen molar-refractivity contribution in [2.75, 3.05) is 0 Å². The number of benzene rings is 3. The number of aromatic nitrogens is 1. The van der Waals surface area contributed by atoms with Crippen molar-refractivity contribution in [2.45, 2.75) is 40.5 Å². The van der Waals surface area contributed by atoms with Crippen molar-refractivity contribution in [1.82, 2.24) is 4.48 Å². The van der Waals surface area contributed by atoms with Crippen LogP contribution in [0.5, 0.6) is 11.5 Å². The molecule has 0 aliphatic carbocycles. The van der Waals surface area contributed by atoms with E-state index in [-0.39, 0.29) is 17.1 Å². The second-order valence-electron chi connectivity index (χ2n) is 11.4. The number of fused-ring (bicyclic) bond motifs is 2. The number of halogens is 5. The third kappa shape index (κ3) is 5.21.